The maximum Gasteiger partial charge on any atom is 0.243 e. The first kappa shape index (κ1) is 20.8. The van der Waals surface area contributed by atoms with Crippen molar-refractivity contribution in [2.24, 2.45) is 0 Å². The van der Waals surface area contributed by atoms with Crippen LogP contribution in [0.1, 0.15) is 12.5 Å². The zero-order valence-electron chi connectivity index (χ0n) is 16.7. The quantitative estimate of drug-likeness (QED) is 0.640. The van der Waals surface area contributed by atoms with E-state index in [0.717, 1.165) is 20.6 Å². The second-order valence-electron chi connectivity index (χ2n) is 6.70. The maximum atomic E-state index is 12.9. The Labute approximate surface area is 171 Å². The van der Waals surface area contributed by atoms with Crippen LogP contribution in [0.3, 0.4) is 0 Å². The summed E-state index contributed by atoms with van der Waals surface area (Å²) in [6.45, 7) is 3.86. The van der Waals surface area contributed by atoms with Crippen molar-refractivity contribution in [1.82, 2.24) is 4.31 Å². The van der Waals surface area contributed by atoms with Gasteiger partial charge in [0.1, 0.15) is 5.75 Å². The van der Waals surface area contributed by atoms with Gasteiger partial charge in [-0.25, -0.2) is 8.42 Å². The smallest absolute Gasteiger partial charge is 0.243 e. The number of anilines is 1. The molecule has 0 atom stereocenters. The predicted molar refractivity (Wildman–Crippen MR) is 115 cm³/mol. The van der Waals surface area contributed by atoms with E-state index in [0.29, 0.717) is 18.0 Å². The minimum absolute atomic E-state index is 0.124. The van der Waals surface area contributed by atoms with E-state index in [-0.39, 0.29) is 11.4 Å². The number of fused-ring (bicyclic) bond motifs is 1. The van der Waals surface area contributed by atoms with E-state index >= 15 is 0 Å². The largest absolute Gasteiger partial charge is 0.494 e. The second kappa shape index (κ2) is 8.63. The van der Waals surface area contributed by atoms with Gasteiger partial charge in [-0.05, 0) is 49.1 Å². The predicted octanol–water partition coefficient (Wildman–Crippen LogP) is 3.81. The summed E-state index contributed by atoms with van der Waals surface area (Å²) in [7, 11) is -2.41. The number of sulfonamides is 1. The van der Waals surface area contributed by atoms with Crippen molar-refractivity contribution >= 4 is 32.4 Å². The Balaban J connectivity index is 1.75. The van der Waals surface area contributed by atoms with Gasteiger partial charge in [-0.2, -0.15) is 4.31 Å². The number of nitrogens with one attached hydrogen (secondary N) is 1. The van der Waals surface area contributed by atoms with Gasteiger partial charge < -0.3 is 10.1 Å². The molecule has 1 N–H and O–H groups in total. The van der Waals surface area contributed by atoms with E-state index in [2.05, 4.69) is 5.32 Å². The lowest BCUT2D eigenvalue weighted by Crippen LogP contribution is -2.35. The lowest BCUT2D eigenvalue weighted by Gasteiger charge is -2.18. The number of aryl methyl sites for hydroxylation is 1. The molecule has 0 fully saturated rings. The van der Waals surface area contributed by atoms with Crippen LogP contribution >= 0.6 is 0 Å². The summed E-state index contributed by atoms with van der Waals surface area (Å²) in [5.74, 6) is 0.234. The number of rotatable bonds is 7. The molecule has 0 radical (unpaired) electrons. The number of benzene rings is 3. The van der Waals surface area contributed by atoms with Crippen LogP contribution in [0.5, 0.6) is 5.75 Å². The van der Waals surface area contributed by atoms with E-state index in [1.807, 2.05) is 43.3 Å². The molecule has 0 unspecified atom stereocenters. The molecule has 0 saturated heterocycles. The summed E-state index contributed by atoms with van der Waals surface area (Å²) in [4.78, 5) is 12.6. The number of likely N-dealkylation sites (N-methyl/N-ethyl adjacent to an activating group) is 1. The number of carbonyl (C=O) groups is 1. The molecule has 3 aromatic carbocycles. The van der Waals surface area contributed by atoms with Gasteiger partial charge in [-0.1, -0.05) is 36.4 Å². The molecule has 0 saturated carbocycles. The van der Waals surface area contributed by atoms with Crippen LogP contribution in [0.4, 0.5) is 5.69 Å². The molecule has 0 aliphatic carbocycles. The summed E-state index contributed by atoms with van der Waals surface area (Å²) in [6, 6.07) is 18.0. The molecule has 0 spiro atoms. The lowest BCUT2D eigenvalue weighted by molar-refractivity contribution is -0.116. The van der Waals surface area contributed by atoms with Gasteiger partial charge in [0.15, 0.2) is 0 Å². The fourth-order valence-electron chi connectivity index (χ4n) is 3.09. The van der Waals surface area contributed by atoms with Gasteiger partial charge in [0.25, 0.3) is 0 Å². The van der Waals surface area contributed by atoms with Gasteiger partial charge in [-0.15, -0.1) is 0 Å². The standard InChI is InChI=1S/C22H24N2O4S/c1-4-28-21-13-12-18(14-16(21)2)29(26,27)24(3)15-22(25)23-20-11-7-9-17-8-5-6-10-19(17)20/h5-14H,4,15H2,1-3H3,(H,23,25). The molecule has 1 amide bonds. The number of hydrogen-bond donors (Lipinski definition) is 1. The number of nitrogens with zero attached hydrogens (tertiary/aromatic N) is 1. The van der Waals surface area contributed by atoms with Crippen molar-refractivity contribution in [3.05, 3.63) is 66.2 Å². The third-order valence-corrected chi connectivity index (χ3v) is 6.38. The highest BCUT2D eigenvalue weighted by atomic mass is 32.2. The monoisotopic (exact) mass is 412 g/mol. The van der Waals surface area contributed by atoms with Gasteiger partial charge in [0, 0.05) is 18.1 Å². The first-order chi connectivity index (χ1) is 13.8. The normalized spacial score (nSPS) is 11.6. The van der Waals surface area contributed by atoms with Crippen LogP contribution in [0.15, 0.2) is 65.6 Å². The molecule has 3 aromatic rings. The van der Waals surface area contributed by atoms with Crippen LogP contribution in [0.2, 0.25) is 0 Å². The molecule has 0 bridgehead atoms. The molecule has 152 valence electrons. The molecule has 0 aliphatic heterocycles. The Bertz CT molecular complexity index is 1140. The van der Waals surface area contributed by atoms with Crippen molar-refractivity contribution in [2.45, 2.75) is 18.7 Å². The number of ether oxygens (including phenoxy) is 1. The van der Waals surface area contributed by atoms with Gasteiger partial charge in [0.05, 0.1) is 18.0 Å². The van der Waals surface area contributed by atoms with Crippen molar-refractivity contribution in [3.8, 4) is 5.75 Å². The van der Waals surface area contributed by atoms with Crippen LogP contribution < -0.4 is 10.1 Å². The summed E-state index contributed by atoms with van der Waals surface area (Å²) >= 11 is 0. The highest BCUT2D eigenvalue weighted by molar-refractivity contribution is 7.89. The average molecular weight is 413 g/mol. The highest BCUT2D eigenvalue weighted by Gasteiger charge is 2.24. The Hall–Kier alpha value is -2.90. The number of hydrogen-bond acceptors (Lipinski definition) is 4. The fraction of sp³-hybridized carbons (Fsp3) is 0.227. The number of amides is 1. The van der Waals surface area contributed by atoms with Crippen molar-refractivity contribution in [3.63, 3.8) is 0 Å². The highest BCUT2D eigenvalue weighted by Crippen LogP contribution is 2.25. The summed E-state index contributed by atoms with van der Waals surface area (Å²) < 4.78 is 32.2. The zero-order valence-corrected chi connectivity index (χ0v) is 17.5. The Morgan fingerprint density at radius 3 is 2.52 bits per heavy atom. The molecule has 0 aliphatic rings. The van der Waals surface area contributed by atoms with Gasteiger partial charge in [-0.3, -0.25) is 4.79 Å². The van der Waals surface area contributed by atoms with Gasteiger partial charge >= 0.3 is 0 Å². The molecule has 0 heterocycles. The molecular weight excluding hydrogens is 388 g/mol. The van der Waals surface area contributed by atoms with E-state index in [1.165, 1.54) is 13.1 Å². The molecule has 7 heteroatoms. The summed E-state index contributed by atoms with van der Waals surface area (Å²) in [6.07, 6.45) is 0. The van der Waals surface area contributed by atoms with Crippen molar-refractivity contribution in [1.29, 1.82) is 0 Å². The topological polar surface area (TPSA) is 75.7 Å². The van der Waals surface area contributed by atoms with Crippen LogP contribution in [0, 0.1) is 6.92 Å². The van der Waals surface area contributed by atoms with Crippen molar-refractivity contribution in [2.75, 3.05) is 25.5 Å². The summed E-state index contributed by atoms with van der Waals surface area (Å²) in [5, 5.41) is 4.71. The molecule has 0 aromatic heterocycles. The number of carbonyl (C=O) groups excluding carboxylic acids is 1. The first-order valence-corrected chi connectivity index (χ1v) is 10.7. The van der Waals surface area contributed by atoms with E-state index in [4.69, 9.17) is 4.74 Å². The molecule has 6 nitrogen and oxygen atoms in total. The Kier molecular flexibility index (Phi) is 6.20. The van der Waals surface area contributed by atoms with E-state index in [1.54, 1.807) is 25.1 Å². The van der Waals surface area contributed by atoms with Crippen LogP contribution in [-0.4, -0.2) is 38.8 Å². The minimum atomic E-state index is -3.81. The molecule has 29 heavy (non-hydrogen) atoms. The Morgan fingerprint density at radius 1 is 1.07 bits per heavy atom. The minimum Gasteiger partial charge on any atom is -0.494 e. The molecular formula is C22H24N2O4S. The van der Waals surface area contributed by atoms with Crippen molar-refractivity contribution < 1.29 is 17.9 Å². The maximum absolute atomic E-state index is 12.9. The summed E-state index contributed by atoms with van der Waals surface area (Å²) in [5.41, 5.74) is 1.37. The second-order valence-corrected chi connectivity index (χ2v) is 8.74. The fourth-order valence-corrected chi connectivity index (χ4v) is 4.30. The van der Waals surface area contributed by atoms with E-state index < -0.39 is 15.9 Å². The van der Waals surface area contributed by atoms with Crippen LogP contribution in [-0.2, 0) is 14.8 Å². The SMILES string of the molecule is CCOc1ccc(S(=O)(=O)N(C)CC(=O)Nc2cccc3ccccc23)cc1C. The zero-order chi connectivity index (χ0) is 21.0. The molecule has 3 rings (SSSR count). The third kappa shape index (κ3) is 4.58. The lowest BCUT2D eigenvalue weighted by atomic mass is 10.1. The third-order valence-electron chi connectivity index (χ3n) is 4.58. The average Bonchev–Trinajstić information content (AvgIpc) is 2.69. The first-order valence-electron chi connectivity index (χ1n) is 9.30. The van der Waals surface area contributed by atoms with Gasteiger partial charge in [0.2, 0.25) is 15.9 Å². The van der Waals surface area contributed by atoms with E-state index in [9.17, 15) is 13.2 Å². The Morgan fingerprint density at radius 2 is 1.79 bits per heavy atom. The van der Waals surface area contributed by atoms with Crippen LogP contribution in [0.25, 0.3) is 10.8 Å².